The smallest absolute Gasteiger partial charge is 0.0138 e. The highest BCUT2D eigenvalue weighted by atomic mass is 14.2. The second kappa shape index (κ2) is 11.1. The van der Waals surface area contributed by atoms with Crippen LogP contribution in [0.2, 0.25) is 0 Å². The molecular weight excluding hydrogens is 228 g/mol. The predicted molar refractivity (Wildman–Crippen MR) is 93.6 cm³/mol. The van der Waals surface area contributed by atoms with Crippen molar-refractivity contribution in [2.24, 2.45) is 10.8 Å². The van der Waals surface area contributed by atoms with E-state index in [2.05, 4.69) is 80.7 Å². The Kier molecular flexibility index (Phi) is 13.6. The lowest BCUT2D eigenvalue weighted by molar-refractivity contribution is 0.512. The quantitative estimate of drug-likeness (QED) is 0.464. The minimum absolute atomic E-state index is 0.147. The van der Waals surface area contributed by atoms with E-state index < -0.39 is 0 Å². The van der Waals surface area contributed by atoms with Crippen molar-refractivity contribution in [3.05, 3.63) is 36.5 Å². The fraction of sp³-hybridized carbons (Fsp3) is 0.684. The number of allylic oxidation sites excluding steroid dienone is 4. The zero-order chi connectivity index (χ0) is 16.3. The lowest BCUT2D eigenvalue weighted by Gasteiger charge is -2.21. The van der Waals surface area contributed by atoms with Crippen LogP contribution in [0.15, 0.2) is 36.5 Å². The normalized spacial score (nSPS) is 11.1. The molecule has 0 aliphatic heterocycles. The highest BCUT2D eigenvalue weighted by Crippen LogP contribution is 2.28. The predicted octanol–water partition coefficient (Wildman–Crippen LogP) is 7.19. The van der Waals surface area contributed by atoms with Crippen LogP contribution in [-0.4, -0.2) is 0 Å². The van der Waals surface area contributed by atoms with Crippen LogP contribution in [0.3, 0.4) is 0 Å². The molecule has 0 aliphatic carbocycles. The van der Waals surface area contributed by atoms with Gasteiger partial charge in [0.25, 0.3) is 0 Å². The summed E-state index contributed by atoms with van der Waals surface area (Å²) in [4.78, 5) is 0. The number of rotatable bonds is 2. The van der Waals surface area contributed by atoms with Gasteiger partial charge in [0, 0.05) is 0 Å². The summed E-state index contributed by atoms with van der Waals surface area (Å²) in [5, 5.41) is 0. The molecule has 114 valence electrons. The molecule has 0 saturated carbocycles. The average Bonchev–Trinajstić information content (AvgIpc) is 2.26. The molecule has 0 heterocycles. The van der Waals surface area contributed by atoms with Crippen LogP contribution in [-0.2, 0) is 0 Å². The molecule has 0 fully saturated rings. The minimum Gasteiger partial charge on any atom is -0.0953 e. The Bertz CT molecular complexity index is 235. The van der Waals surface area contributed by atoms with Gasteiger partial charge in [0.05, 0.1) is 0 Å². The standard InChI is InChI=1S/C14H24.C3H8.C2H6/c1-11(13(3,4)5)9-10-12(2)14(6,7)8;1-3-2;1-2/h9-10H,1-2H2,3-8H3;3H2,1-2H3;1-2H3/b10-9-;;. The van der Waals surface area contributed by atoms with Gasteiger partial charge in [-0.25, -0.2) is 0 Å². The van der Waals surface area contributed by atoms with E-state index in [0.29, 0.717) is 0 Å². The second-order valence-electron chi connectivity index (χ2n) is 6.59. The Labute approximate surface area is 123 Å². The van der Waals surface area contributed by atoms with E-state index in [1.807, 2.05) is 13.8 Å². The maximum absolute atomic E-state index is 4.05. The molecular formula is C19H38. The second-order valence-corrected chi connectivity index (χ2v) is 6.59. The monoisotopic (exact) mass is 266 g/mol. The van der Waals surface area contributed by atoms with Gasteiger partial charge in [0.2, 0.25) is 0 Å². The molecule has 0 amide bonds. The van der Waals surface area contributed by atoms with Crippen molar-refractivity contribution in [2.75, 3.05) is 0 Å². The largest absolute Gasteiger partial charge is 0.0953 e. The Morgan fingerprint density at radius 3 is 1.00 bits per heavy atom. The van der Waals surface area contributed by atoms with E-state index in [1.165, 1.54) is 6.42 Å². The van der Waals surface area contributed by atoms with Crippen LogP contribution in [0.1, 0.15) is 75.7 Å². The molecule has 0 bridgehead atoms. The molecule has 0 aromatic heterocycles. The third-order valence-corrected chi connectivity index (χ3v) is 2.41. The van der Waals surface area contributed by atoms with Gasteiger partial charge in [0.1, 0.15) is 0 Å². The first-order valence-corrected chi connectivity index (χ1v) is 7.53. The van der Waals surface area contributed by atoms with E-state index >= 15 is 0 Å². The SMILES string of the molecule is C=C(/C=C\C(=C)C(C)(C)C)C(C)(C)C.CC.CCC. The van der Waals surface area contributed by atoms with E-state index in [9.17, 15) is 0 Å². The molecule has 0 radical (unpaired) electrons. The molecule has 0 aromatic carbocycles. The summed E-state index contributed by atoms with van der Waals surface area (Å²) in [6, 6.07) is 0. The third-order valence-electron chi connectivity index (χ3n) is 2.41. The van der Waals surface area contributed by atoms with Crippen LogP contribution in [0.5, 0.6) is 0 Å². The van der Waals surface area contributed by atoms with Gasteiger partial charge >= 0.3 is 0 Å². The van der Waals surface area contributed by atoms with Crippen molar-refractivity contribution in [3.8, 4) is 0 Å². The van der Waals surface area contributed by atoms with Gasteiger partial charge in [-0.3, -0.25) is 0 Å². The van der Waals surface area contributed by atoms with Crippen molar-refractivity contribution in [1.82, 2.24) is 0 Å². The molecule has 0 N–H and O–H groups in total. The zero-order valence-electron chi connectivity index (χ0n) is 15.3. The fourth-order valence-electron chi connectivity index (χ4n) is 0.701. The molecule has 0 nitrogen and oxygen atoms in total. The number of hydrogen-bond donors (Lipinski definition) is 0. The van der Waals surface area contributed by atoms with Crippen LogP contribution in [0, 0.1) is 10.8 Å². The summed E-state index contributed by atoms with van der Waals surface area (Å²) >= 11 is 0. The first kappa shape index (κ1) is 23.3. The number of hydrogen-bond acceptors (Lipinski definition) is 0. The van der Waals surface area contributed by atoms with E-state index in [0.717, 1.165) is 11.1 Å². The van der Waals surface area contributed by atoms with Gasteiger partial charge in [0.15, 0.2) is 0 Å². The third kappa shape index (κ3) is 15.2. The first-order valence-electron chi connectivity index (χ1n) is 7.53. The topological polar surface area (TPSA) is 0 Å². The molecule has 19 heavy (non-hydrogen) atoms. The fourth-order valence-corrected chi connectivity index (χ4v) is 0.701. The van der Waals surface area contributed by atoms with Gasteiger partial charge < -0.3 is 0 Å². The molecule has 0 saturated heterocycles. The van der Waals surface area contributed by atoms with Crippen molar-refractivity contribution in [1.29, 1.82) is 0 Å². The van der Waals surface area contributed by atoms with E-state index in [4.69, 9.17) is 0 Å². The van der Waals surface area contributed by atoms with Crippen LogP contribution < -0.4 is 0 Å². The summed E-state index contributed by atoms with van der Waals surface area (Å²) < 4.78 is 0. The lowest BCUT2D eigenvalue weighted by atomic mass is 9.84. The molecule has 0 rings (SSSR count). The summed E-state index contributed by atoms with van der Waals surface area (Å²) in [6.07, 6.45) is 5.40. The average molecular weight is 267 g/mol. The Morgan fingerprint density at radius 1 is 0.737 bits per heavy atom. The Morgan fingerprint density at radius 2 is 0.895 bits per heavy atom. The van der Waals surface area contributed by atoms with E-state index in [-0.39, 0.29) is 10.8 Å². The van der Waals surface area contributed by atoms with Crippen LogP contribution >= 0.6 is 0 Å². The van der Waals surface area contributed by atoms with Crippen LogP contribution in [0.25, 0.3) is 0 Å². The van der Waals surface area contributed by atoms with Crippen LogP contribution in [0.4, 0.5) is 0 Å². The summed E-state index contributed by atoms with van der Waals surface area (Å²) in [5.41, 5.74) is 2.58. The van der Waals surface area contributed by atoms with Crippen molar-refractivity contribution in [2.45, 2.75) is 75.7 Å². The summed E-state index contributed by atoms with van der Waals surface area (Å²) in [5.74, 6) is 0. The molecule has 0 heteroatoms. The van der Waals surface area contributed by atoms with Crippen molar-refractivity contribution in [3.63, 3.8) is 0 Å². The highest BCUT2D eigenvalue weighted by molar-refractivity contribution is 5.30. The molecule has 0 aromatic rings. The summed E-state index contributed by atoms with van der Waals surface area (Å²) in [7, 11) is 0. The van der Waals surface area contributed by atoms with Crippen molar-refractivity contribution >= 4 is 0 Å². The molecule has 0 atom stereocenters. The Hall–Kier alpha value is -0.780. The van der Waals surface area contributed by atoms with E-state index in [1.54, 1.807) is 0 Å². The maximum atomic E-state index is 4.05. The van der Waals surface area contributed by atoms with Gasteiger partial charge in [-0.05, 0) is 22.0 Å². The lowest BCUT2D eigenvalue weighted by Crippen LogP contribution is -2.08. The van der Waals surface area contributed by atoms with Gasteiger partial charge in [-0.1, -0.05) is 101 Å². The molecule has 0 spiro atoms. The maximum Gasteiger partial charge on any atom is -0.0138 e. The first-order chi connectivity index (χ1) is 8.46. The van der Waals surface area contributed by atoms with Gasteiger partial charge in [-0.15, -0.1) is 0 Å². The molecule has 0 unspecified atom stereocenters. The Balaban J connectivity index is -0.000000445. The van der Waals surface area contributed by atoms with Gasteiger partial charge in [-0.2, -0.15) is 0 Å². The zero-order valence-corrected chi connectivity index (χ0v) is 15.3. The summed E-state index contributed by atoms with van der Waals surface area (Å²) in [6.45, 7) is 29.4. The van der Waals surface area contributed by atoms with Crippen molar-refractivity contribution < 1.29 is 0 Å². The minimum atomic E-state index is 0.147. The highest BCUT2D eigenvalue weighted by Gasteiger charge is 2.14. The molecule has 0 aliphatic rings.